The maximum Gasteiger partial charge on any atom is 0.146 e. The molecule has 0 spiro atoms. The molecule has 0 aliphatic rings. The molecule has 82 valence electrons. The zero-order chi connectivity index (χ0) is 11.4. The molecule has 0 saturated heterocycles. The smallest absolute Gasteiger partial charge is 0.146 e. The van der Waals surface area contributed by atoms with Crippen LogP contribution in [0.3, 0.4) is 0 Å². The molecule has 2 heterocycles. The van der Waals surface area contributed by atoms with E-state index in [1.165, 1.54) is 0 Å². The minimum Gasteiger partial charge on any atom is -0.456 e. The zero-order valence-electron chi connectivity index (χ0n) is 8.43. The van der Waals surface area contributed by atoms with Gasteiger partial charge in [0.15, 0.2) is 0 Å². The zero-order valence-corrected chi connectivity index (χ0v) is 10.0. The molecule has 0 aliphatic carbocycles. The lowest BCUT2D eigenvalue weighted by Gasteiger charge is -2.06. The molecule has 0 aliphatic heterocycles. The van der Waals surface area contributed by atoms with Crippen molar-refractivity contribution in [1.29, 1.82) is 0 Å². The van der Waals surface area contributed by atoms with Gasteiger partial charge in [0.2, 0.25) is 0 Å². The van der Waals surface area contributed by atoms with Crippen molar-refractivity contribution in [2.24, 2.45) is 5.73 Å². The van der Waals surface area contributed by atoms with E-state index in [9.17, 15) is 0 Å². The van der Waals surface area contributed by atoms with Gasteiger partial charge < -0.3 is 10.5 Å². The molecule has 0 fully saturated rings. The van der Waals surface area contributed by atoms with E-state index >= 15 is 0 Å². The number of ether oxygens (including phenoxy) is 1. The van der Waals surface area contributed by atoms with Crippen LogP contribution < -0.4 is 10.5 Å². The molecule has 0 atom stereocenters. The maximum absolute atomic E-state index is 5.61. The van der Waals surface area contributed by atoms with Crippen LogP contribution in [0.15, 0.2) is 41.3 Å². The quantitative estimate of drug-likeness (QED) is 0.938. The van der Waals surface area contributed by atoms with Gasteiger partial charge in [-0.3, -0.25) is 9.97 Å². The highest BCUT2D eigenvalue weighted by Crippen LogP contribution is 2.23. The van der Waals surface area contributed by atoms with Crippen molar-refractivity contribution < 1.29 is 4.74 Å². The highest BCUT2D eigenvalue weighted by Gasteiger charge is 2.00. The van der Waals surface area contributed by atoms with Gasteiger partial charge in [0.05, 0.1) is 11.9 Å². The first kappa shape index (κ1) is 11.0. The first-order valence-electron chi connectivity index (χ1n) is 4.71. The summed E-state index contributed by atoms with van der Waals surface area (Å²) >= 11 is 3.33. The third-order valence-corrected chi connectivity index (χ3v) is 2.35. The highest BCUT2D eigenvalue weighted by molar-refractivity contribution is 9.10. The molecule has 0 aromatic carbocycles. The molecule has 2 aromatic heterocycles. The summed E-state index contributed by atoms with van der Waals surface area (Å²) < 4.78 is 6.49. The molecule has 2 rings (SSSR count). The third-order valence-electron chi connectivity index (χ3n) is 1.91. The van der Waals surface area contributed by atoms with Crippen molar-refractivity contribution in [3.8, 4) is 11.5 Å². The monoisotopic (exact) mass is 279 g/mol. The fraction of sp³-hybridized carbons (Fsp3) is 0.0909. The van der Waals surface area contributed by atoms with E-state index in [0.717, 1.165) is 10.2 Å². The number of nitrogens with zero attached hydrogens (tertiary/aromatic N) is 2. The Kier molecular flexibility index (Phi) is 3.48. The molecule has 0 radical (unpaired) electrons. The van der Waals surface area contributed by atoms with Crippen LogP contribution in [-0.2, 0) is 6.54 Å². The molecule has 2 N–H and O–H groups in total. The van der Waals surface area contributed by atoms with E-state index < -0.39 is 0 Å². The largest absolute Gasteiger partial charge is 0.456 e. The number of nitrogens with two attached hydrogens (primary N) is 1. The van der Waals surface area contributed by atoms with E-state index in [2.05, 4.69) is 25.9 Å². The molecule has 0 amide bonds. The lowest BCUT2D eigenvalue weighted by atomic mass is 10.3. The molecular weight excluding hydrogens is 270 g/mol. The summed E-state index contributed by atoms with van der Waals surface area (Å²) in [6.45, 7) is 0.397. The highest BCUT2D eigenvalue weighted by atomic mass is 79.9. The van der Waals surface area contributed by atoms with Crippen LogP contribution in [0, 0.1) is 0 Å². The Hall–Kier alpha value is -1.46. The van der Waals surface area contributed by atoms with Crippen molar-refractivity contribution in [3.63, 3.8) is 0 Å². The average molecular weight is 280 g/mol. The van der Waals surface area contributed by atoms with Crippen LogP contribution in [0.5, 0.6) is 11.5 Å². The van der Waals surface area contributed by atoms with Crippen LogP contribution in [0.25, 0.3) is 0 Å². The van der Waals surface area contributed by atoms with Crippen molar-refractivity contribution in [2.75, 3.05) is 0 Å². The van der Waals surface area contributed by atoms with E-state index in [1.807, 2.05) is 6.07 Å². The fourth-order valence-electron chi connectivity index (χ4n) is 1.22. The van der Waals surface area contributed by atoms with Gasteiger partial charge in [0.1, 0.15) is 11.5 Å². The van der Waals surface area contributed by atoms with Gasteiger partial charge in [0, 0.05) is 29.5 Å². The lowest BCUT2D eigenvalue weighted by molar-refractivity contribution is 0.478. The molecule has 16 heavy (non-hydrogen) atoms. The Bertz CT molecular complexity index is 490. The van der Waals surface area contributed by atoms with Gasteiger partial charge in [0.25, 0.3) is 0 Å². The SMILES string of the molecule is NCc1cc(Oc2cncc(Br)c2)ccn1. The molecule has 5 heteroatoms. The Labute approximate surface area is 102 Å². The Balaban J connectivity index is 2.20. The van der Waals surface area contributed by atoms with E-state index in [4.69, 9.17) is 10.5 Å². The Morgan fingerprint density at radius 3 is 2.88 bits per heavy atom. The molecule has 4 nitrogen and oxygen atoms in total. The predicted molar refractivity (Wildman–Crippen MR) is 64.1 cm³/mol. The van der Waals surface area contributed by atoms with Gasteiger partial charge >= 0.3 is 0 Å². The van der Waals surface area contributed by atoms with Gasteiger partial charge in [-0.05, 0) is 28.1 Å². The number of halogens is 1. The summed E-state index contributed by atoms with van der Waals surface area (Å²) in [7, 11) is 0. The van der Waals surface area contributed by atoms with E-state index in [1.54, 1.807) is 30.7 Å². The minimum absolute atomic E-state index is 0.397. The fourth-order valence-corrected chi connectivity index (χ4v) is 1.56. The number of hydrogen-bond acceptors (Lipinski definition) is 4. The van der Waals surface area contributed by atoms with Gasteiger partial charge in [-0.2, -0.15) is 0 Å². The summed E-state index contributed by atoms with van der Waals surface area (Å²) in [5, 5.41) is 0. The normalized spacial score (nSPS) is 10.1. The molecule has 0 saturated carbocycles. The lowest BCUT2D eigenvalue weighted by Crippen LogP contribution is -1.99. The third kappa shape index (κ3) is 2.77. The maximum atomic E-state index is 5.61. The number of hydrogen-bond donors (Lipinski definition) is 1. The average Bonchev–Trinajstić information content (AvgIpc) is 2.29. The second kappa shape index (κ2) is 5.05. The summed E-state index contributed by atoms with van der Waals surface area (Å²) in [6.07, 6.45) is 5.01. The van der Waals surface area contributed by atoms with Crippen LogP contribution >= 0.6 is 15.9 Å². The van der Waals surface area contributed by atoms with Crippen LogP contribution in [0.2, 0.25) is 0 Å². The topological polar surface area (TPSA) is 61.0 Å². The summed E-state index contributed by atoms with van der Waals surface area (Å²) in [5.41, 5.74) is 6.29. The summed E-state index contributed by atoms with van der Waals surface area (Å²) in [5.74, 6) is 1.37. The second-order valence-corrected chi connectivity index (χ2v) is 4.04. The Morgan fingerprint density at radius 1 is 1.25 bits per heavy atom. The van der Waals surface area contributed by atoms with Crippen molar-refractivity contribution in [3.05, 3.63) is 47.0 Å². The first-order valence-corrected chi connectivity index (χ1v) is 5.50. The Morgan fingerprint density at radius 2 is 2.12 bits per heavy atom. The molecular formula is C11H10BrN3O. The van der Waals surface area contributed by atoms with E-state index in [0.29, 0.717) is 18.0 Å². The standard InChI is InChI=1S/C11H10BrN3O/c12-8-3-11(7-14-6-8)16-10-1-2-15-9(4-10)5-13/h1-4,6-7H,5,13H2. The number of pyridine rings is 2. The summed E-state index contributed by atoms with van der Waals surface area (Å²) in [6, 6.07) is 5.43. The van der Waals surface area contributed by atoms with Crippen molar-refractivity contribution >= 4 is 15.9 Å². The molecule has 2 aromatic rings. The van der Waals surface area contributed by atoms with Crippen molar-refractivity contribution in [2.45, 2.75) is 6.54 Å². The van der Waals surface area contributed by atoms with Gasteiger partial charge in [-0.15, -0.1) is 0 Å². The second-order valence-electron chi connectivity index (χ2n) is 3.13. The minimum atomic E-state index is 0.397. The molecule has 0 unspecified atom stereocenters. The molecule has 0 bridgehead atoms. The number of aromatic nitrogens is 2. The number of rotatable bonds is 3. The van der Waals surface area contributed by atoms with Gasteiger partial charge in [-0.25, -0.2) is 0 Å². The summed E-state index contributed by atoms with van der Waals surface area (Å²) in [4.78, 5) is 8.10. The first-order chi connectivity index (χ1) is 7.78. The predicted octanol–water partition coefficient (Wildman–Crippen LogP) is 2.49. The van der Waals surface area contributed by atoms with Crippen molar-refractivity contribution in [1.82, 2.24) is 9.97 Å². The van der Waals surface area contributed by atoms with Crippen LogP contribution in [-0.4, -0.2) is 9.97 Å². The van der Waals surface area contributed by atoms with E-state index in [-0.39, 0.29) is 0 Å². The van der Waals surface area contributed by atoms with Gasteiger partial charge in [-0.1, -0.05) is 0 Å². The van der Waals surface area contributed by atoms with Crippen LogP contribution in [0.4, 0.5) is 0 Å². The van der Waals surface area contributed by atoms with Crippen LogP contribution in [0.1, 0.15) is 5.69 Å².